The van der Waals surface area contributed by atoms with Gasteiger partial charge in [0.2, 0.25) is 17.6 Å². The summed E-state index contributed by atoms with van der Waals surface area (Å²) in [5.41, 5.74) is 5.87. The van der Waals surface area contributed by atoms with E-state index in [1.807, 2.05) is 24.3 Å². The highest BCUT2D eigenvalue weighted by atomic mass is 16.5. The number of benzene rings is 1. The molecule has 2 aromatic rings. The lowest BCUT2D eigenvalue weighted by Crippen LogP contribution is -2.11. The van der Waals surface area contributed by atoms with Crippen molar-refractivity contribution in [3.63, 3.8) is 0 Å². The number of ether oxygens (including phenoxy) is 1. The third-order valence-corrected chi connectivity index (χ3v) is 2.40. The first-order chi connectivity index (χ1) is 8.69. The van der Waals surface area contributed by atoms with Crippen LogP contribution in [0.2, 0.25) is 0 Å². The first-order valence-electron chi connectivity index (χ1n) is 5.44. The zero-order valence-corrected chi connectivity index (χ0v) is 9.92. The number of aromatic nitrogens is 2. The molecule has 2 rings (SSSR count). The minimum absolute atomic E-state index is 0.199. The summed E-state index contributed by atoms with van der Waals surface area (Å²) in [7, 11) is 1.60. The fraction of sp³-hybridized carbons (Fsp3) is 0.250. The molecule has 6 nitrogen and oxygen atoms in total. The Labute approximate surface area is 104 Å². The number of primary amides is 1. The standard InChI is InChI=1S/C12H13N3O3/c1-17-9-4-2-8(3-5-9)12-14-11(18-15-12)7-6-10(13)16/h2-5H,6-7H2,1H3,(H2,13,16). The van der Waals surface area contributed by atoms with E-state index < -0.39 is 0 Å². The van der Waals surface area contributed by atoms with Crippen molar-refractivity contribution >= 4 is 5.91 Å². The van der Waals surface area contributed by atoms with Gasteiger partial charge in [-0.3, -0.25) is 4.79 Å². The minimum Gasteiger partial charge on any atom is -0.497 e. The predicted octanol–water partition coefficient (Wildman–Crippen LogP) is 1.16. The lowest BCUT2D eigenvalue weighted by Gasteiger charge is -1.98. The van der Waals surface area contributed by atoms with Gasteiger partial charge in [-0.05, 0) is 24.3 Å². The monoisotopic (exact) mass is 247 g/mol. The number of carbonyl (C=O) groups excluding carboxylic acids is 1. The van der Waals surface area contributed by atoms with Gasteiger partial charge in [-0.1, -0.05) is 5.16 Å². The van der Waals surface area contributed by atoms with Crippen molar-refractivity contribution in [1.29, 1.82) is 0 Å². The van der Waals surface area contributed by atoms with Gasteiger partial charge in [0, 0.05) is 18.4 Å². The molecule has 18 heavy (non-hydrogen) atoms. The Morgan fingerprint density at radius 3 is 2.72 bits per heavy atom. The molecule has 0 aliphatic carbocycles. The first kappa shape index (κ1) is 12.1. The van der Waals surface area contributed by atoms with E-state index in [1.165, 1.54) is 0 Å². The maximum Gasteiger partial charge on any atom is 0.227 e. The summed E-state index contributed by atoms with van der Waals surface area (Å²) in [5, 5.41) is 3.84. The largest absolute Gasteiger partial charge is 0.497 e. The van der Waals surface area contributed by atoms with Gasteiger partial charge in [0.05, 0.1) is 7.11 Å². The van der Waals surface area contributed by atoms with Gasteiger partial charge in [0.15, 0.2) is 0 Å². The molecule has 0 spiro atoms. The summed E-state index contributed by atoms with van der Waals surface area (Å²) >= 11 is 0. The Balaban J connectivity index is 2.10. The van der Waals surface area contributed by atoms with Gasteiger partial charge >= 0.3 is 0 Å². The van der Waals surface area contributed by atoms with Crippen LogP contribution in [0.1, 0.15) is 12.3 Å². The lowest BCUT2D eigenvalue weighted by atomic mass is 10.2. The van der Waals surface area contributed by atoms with Crippen LogP contribution < -0.4 is 10.5 Å². The lowest BCUT2D eigenvalue weighted by molar-refractivity contribution is -0.118. The normalized spacial score (nSPS) is 10.3. The number of rotatable bonds is 5. The molecule has 1 heterocycles. The number of nitrogens with two attached hydrogens (primary N) is 1. The minimum atomic E-state index is -0.390. The van der Waals surface area contributed by atoms with Crippen LogP contribution in [0.25, 0.3) is 11.4 Å². The van der Waals surface area contributed by atoms with E-state index in [2.05, 4.69) is 10.1 Å². The number of aryl methyl sites for hydroxylation is 1. The Morgan fingerprint density at radius 2 is 2.11 bits per heavy atom. The van der Waals surface area contributed by atoms with Gasteiger partial charge < -0.3 is 15.0 Å². The maximum atomic E-state index is 10.6. The van der Waals surface area contributed by atoms with Crippen molar-refractivity contribution in [2.75, 3.05) is 7.11 Å². The molecule has 6 heteroatoms. The molecule has 1 aromatic carbocycles. The molecule has 0 aliphatic heterocycles. The van der Waals surface area contributed by atoms with Gasteiger partial charge in [0.1, 0.15) is 5.75 Å². The molecule has 0 atom stereocenters. The fourth-order valence-electron chi connectivity index (χ4n) is 1.44. The molecule has 0 radical (unpaired) electrons. The average Bonchev–Trinajstić information content (AvgIpc) is 2.85. The Bertz CT molecular complexity index is 534. The van der Waals surface area contributed by atoms with Crippen LogP contribution in [0.5, 0.6) is 5.75 Å². The summed E-state index contributed by atoms with van der Waals surface area (Å²) in [4.78, 5) is 14.8. The Morgan fingerprint density at radius 1 is 1.39 bits per heavy atom. The zero-order valence-electron chi connectivity index (χ0n) is 9.92. The third kappa shape index (κ3) is 2.85. The summed E-state index contributed by atoms with van der Waals surface area (Å²) in [5.74, 6) is 1.26. The van der Waals surface area contributed by atoms with Crippen LogP contribution in [0.15, 0.2) is 28.8 Å². The number of nitrogens with zero attached hydrogens (tertiary/aromatic N) is 2. The maximum absolute atomic E-state index is 10.6. The molecule has 0 unspecified atom stereocenters. The van der Waals surface area contributed by atoms with Crippen molar-refractivity contribution in [3.05, 3.63) is 30.2 Å². The van der Waals surface area contributed by atoms with Crippen LogP contribution in [0.4, 0.5) is 0 Å². The molecule has 0 bridgehead atoms. The second-order valence-electron chi connectivity index (χ2n) is 3.71. The molecule has 94 valence electrons. The summed E-state index contributed by atoms with van der Waals surface area (Å²) in [6, 6.07) is 7.30. The molecule has 1 aromatic heterocycles. The van der Waals surface area contributed by atoms with Gasteiger partial charge in [-0.2, -0.15) is 4.98 Å². The van der Waals surface area contributed by atoms with Crippen LogP contribution in [0, 0.1) is 0 Å². The molecule has 1 amide bonds. The van der Waals surface area contributed by atoms with Crippen molar-refractivity contribution in [2.45, 2.75) is 12.8 Å². The SMILES string of the molecule is COc1ccc(-c2noc(CCC(N)=O)n2)cc1. The van der Waals surface area contributed by atoms with Gasteiger partial charge in [-0.25, -0.2) is 0 Å². The van der Waals surface area contributed by atoms with Gasteiger partial charge in [-0.15, -0.1) is 0 Å². The van der Waals surface area contributed by atoms with E-state index in [9.17, 15) is 4.79 Å². The highest BCUT2D eigenvalue weighted by Crippen LogP contribution is 2.19. The number of carbonyl (C=O) groups is 1. The molecular weight excluding hydrogens is 234 g/mol. The quantitative estimate of drug-likeness (QED) is 0.856. The summed E-state index contributed by atoms with van der Waals surface area (Å²) in [6.07, 6.45) is 0.558. The van der Waals surface area contributed by atoms with Crippen molar-refractivity contribution in [2.24, 2.45) is 5.73 Å². The van der Waals surface area contributed by atoms with Crippen LogP contribution in [0.3, 0.4) is 0 Å². The van der Waals surface area contributed by atoms with Crippen molar-refractivity contribution in [1.82, 2.24) is 10.1 Å². The van der Waals surface area contributed by atoms with Crippen molar-refractivity contribution < 1.29 is 14.1 Å². The topological polar surface area (TPSA) is 91.2 Å². The zero-order chi connectivity index (χ0) is 13.0. The molecule has 0 saturated heterocycles. The predicted molar refractivity (Wildman–Crippen MR) is 63.8 cm³/mol. The van der Waals surface area contributed by atoms with E-state index in [4.69, 9.17) is 15.0 Å². The number of amides is 1. The van der Waals surface area contributed by atoms with E-state index >= 15 is 0 Å². The summed E-state index contributed by atoms with van der Waals surface area (Å²) < 4.78 is 10.1. The molecular formula is C12H13N3O3. The van der Waals surface area contributed by atoms with Crippen LogP contribution >= 0.6 is 0 Å². The highest BCUT2D eigenvalue weighted by Gasteiger charge is 2.09. The third-order valence-electron chi connectivity index (χ3n) is 2.40. The fourth-order valence-corrected chi connectivity index (χ4v) is 1.44. The summed E-state index contributed by atoms with van der Waals surface area (Å²) in [6.45, 7) is 0. The van der Waals surface area contributed by atoms with E-state index in [0.717, 1.165) is 11.3 Å². The Kier molecular flexibility index (Phi) is 3.57. The average molecular weight is 247 g/mol. The Hall–Kier alpha value is -2.37. The van der Waals surface area contributed by atoms with E-state index in [-0.39, 0.29) is 12.3 Å². The number of hydrogen-bond donors (Lipinski definition) is 1. The number of methoxy groups -OCH3 is 1. The molecule has 0 aliphatic rings. The smallest absolute Gasteiger partial charge is 0.227 e. The first-order valence-corrected chi connectivity index (χ1v) is 5.44. The molecule has 2 N–H and O–H groups in total. The number of hydrogen-bond acceptors (Lipinski definition) is 5. The van der Waals surface area contributed by atoms with Crippen LogP contribution in [-0.2, 0) is 11.2 Å². The molecule has 0 fully saturated rings. The highest BCUT2D eigenvalue weighted by molar-refractivity contribution is 5.73. The second-order valence-corrected chi connectivity index (χ2v) is 3.71. The second kappa shape index (κ2) is 5.31. The van der Waals surface area contributed by atoms with Gasteiger partial charge in [0.25, 0.3) is 0 Å². The van der Waals surface area contributed by atoms with Crippen molar-refractivity contribution in [3.8, 4) is 17.1 Å². The van der Waals surface area contributed by atoms with E-state index in [0.29, 0.717) is 18.1 Å². The van der Waals surface area contributed by atoms with Crippen LogP contribution in [-0.4, -0.2) is 23.2 Å². The van der Waals surface area contributed by atoms with E-state index in [1.54, 1.807) is 7.11 Å². The molecule has 0 saturated carbocycles.